The van der Waals surface area contributed by atoms with Crippen LogP contribution in [0.15, 0.2) is 189 Å². The van der Waals surface area contributed by atoms with E-state index in [4.69, 9.17) is 69.3 Å². The third-order valence-electron chi connectivity index (χ3n) is 16.8. The first-order valence-corrected chi connectivity index (χ1v) is 41.1. The number of hydrogen-bond donors (Lipinski definition) is 6. The summed E-state index contributed by atoms with van der Waals surface area (Å²) in [6.45, 7) is 7.85. The molecule has 1 aromatic heterocycles. The first-order valence-electron chi connectivity index (χ1n) is 34.6. The average Bonchev–Trinajstić information content (AvgIpc) is 1.16. The van der Waals surface area contributed by atoms with Gasteiger partial charge >= 0.3 is 0 Å². The van der Waals surface area contributed by atoms with Crippen LogP contribution in [0.1, 0.15) is 84.0 Å². The van der Waals surface area contributed by atoms with E-state index in [1.165, 1.54) is 41.7 Å². The van der Waals surface area contributed by atoms with E-state index in [0.29, 0.717) is 91.5 Å². The molecular weight excluding hydrogens is 1540 g/mol. The van der Waals surface area contributed by atoms with Gasteiger partial charge in [-0.15, -0.1) is 31.7 Å². The zero-order chi connectivity index (χ0) is 77.4. The molecule has 2 heterocycles. The summed E-state index contributed by atoms with van der Waals surface area (Å²) in [5, 5.41) is 19.0. The minimum atomic E-state index is -3.68. The van der Waals surface area contributed by atoms with Crippen molar-refractivity contribution in [2.24, 2.45) is 5.73 Å². The predicted molar refractivity (Wildman–Crippen MR) is 431 cm³/mol. The van der Waals surface area contributed by atoms with Crippen LogP contribution in [0.5, 0.6) is 17.2 Å². The van der Waals surface area contributed by atoms with Gasteiger partial charge in [-0.3, -0.25) is 14.4 Å². The highest BCUT2D eigenvalue weighted by Gasteiger charge is 2.29. The van der Waals surface area contributed by atoms with E-state index >= 15 is 0 Å². The fourth-order valence-electron chi connectivity index (χ4n) is 11.1. The Bertz CT molecular complexity index is 4690. The lowest BCUT2D eigenvalue weighted by Crippen LogP contribution is -2.45. The van der Waals surface area contributed by atoms with Gasteiger partial charge in [0.25, 0.3) is 0 Å². The van der Waals surface area contributed by atoms with Gasteiger partial charge in [0.1, 0.15) is 17.2 Å². The van der Waals surface area contributed by atoms with Crippen LogP contribution in [-0.4, -0.2) is 134 Å². The number of nitrogens with zero attached hydrogens (tertiary/aromatic N) is 3. The number of ether oxygens (including phenoxy) is 2. The SMILES string of the molecule is C#CCNS(=O)(=O)c1ccc(CCN(Cc2cc(Cl)ccc2O)C(=O)Cc2ccsc2)cc1.C#CCNS(=O)(=O)c1ccc(CCN(Cc2cc(Cl)ccc2OCCC)C(=O)[C@H](N)Cc2ccccc2)cc1.C#CCNS(=O)(=O)c1ccc(CCN(Cc2cc(Cl)ccc2OCCC)C(=O)[C@H]2CCCN2)cc1.Cl. The second-order valence-electron chi connectivity index (χ2n) is 24.8. The largest absolute Gasteiger partial charge is 0.508 e. The van der Waals surface area contributed by atoms with Crippen molar-refractivity contribution in [3.05, 3.63) is 234 Å². The van der Waals surface area contributed by atoms with Crippen LogP contribution in [0.25, 0.3) is 0 Å². The smallest absolute Gasteiger partial charge is 0.241 e. The molecule has 1 aliphatic heterocycles. The van der Waals surface area contributed by atoms with E-state index in [9.17, 15) is 44.7 Å². The highest BCUT2D eigenvalue weighted by Crippen LogP contribution is 2.29. The number of sulfonamides is 3. The maximum Gasteiger partial charge on any atom is 0.241 e. The maximum atomic E-state index is 13.6. The van der Waals surface area contributed by atoms with E-state index in [-0.39, 0.29) is 95.8 Å². The van der Waals surface area contributed by atoms with Crippen LogP contribution in [-0.2, 0) is 96.2 Å². The van der Waals surface area contributed by atoms with Gasteiger partial charge in [0, 0.05) is 71.0 Å². The van der Waals surface area contributed by atoms with Crippen molar-refractivity contribution in [2.75, 3.05) is 59.0 Å². The molecule has 1 fully saturated rings. The summed E-state index contributed by atoms with van der Waals surface area (Å²) >= 11 is 20.2. The van der Waals surface area contributed by atoms with Crippen LogP contribution in [0.3, 0.4) is 0 Å². The molecule has 0 saturated carbocycles. The molecule has 9 rings (SSSR count). The number of amides is 3. The molecule has 0 aliphatic carbocycles. The summed E-state index contributed by atoms with van der Waals surface area (Å²) in [6, 6.07) is 45.8. The molecule has 2 atom stereocenters. The molecule has 8 aromatic rings. The molecule has 108 heavy (non-hydrogen) atoms. The van der Waals surface area contributed by atoms with Crippen molar-refractivity contribution in [3.63, 3.8) is 0 Å². The minimum Gasteiger partial charge on any atom is -0.508 e. The quantitative estimate of drug-likeness (QED) is 0.0199. The topological polar surface area (TPSA) is 276 Å². The van der Waals surface area contributed by atoms with Crippen LogP contribution in [0, 0.1) is 37.0 Å². The minimum absolute atomic E-state index is 0. The molecule has 574 valence electrons. The van der Waals surface area contributed by atoms with Gasteiger partial charge in [-0.1, -0.05) is 133 Å². The summed E-state index contributed by atoms with van der Waals surface area (Å²) in [4.78, 5) is 45.6. The standard InChI is InChI=1S/C30H34ClN3O4S.C26H32ClN3O4S.C24H23ClN2O4S2.ClH/c1-3-17-33-39(36,37)27-13-10-23(11-14-27)16-18-34(30(35)28(32)20-24-8-6-5-7-9-24)22-25-21-26(31)12-15-29(25)38-19-4-2;1-3-14-29-35(32,33)23-10-7-20(8-11-23)13-16-30(26(31)24-6-5-15-28-24)19-21-18-22(27)9-12-25(21)34-17-4-2;1-2-11-26-33(30,31)22-6-3-18(4-7-22)9-12-27(24(29)14-19-10-13-32-17-19)16-20-15-21(25)5-8-23(20)28;/h1,5-15,21,28,33H,4,16-20,22,32H2,2H3;1,7-12,18,24,28-29H,4-6,13-17,19H2,2H3;1,3-8,10,13,15,17,26,28H,9,11-12,14,16H2;1H/t28-;24-;;/m11../s1. The average molecular weight is 1630 g/mol. The van der Waals surface area contributed by atoms with Gasteiger partial charge in [-0.2, -0.15) is 25.5 Å². The number of terminal acetylenes is 3. The Balaban J connectivity index is 0.000000253. The third-order valence-corrected chi connectivity index (χ3v) is 22.5. The van der Waals surface area contributed by atoms with E-state index in [1.54, 1.807) is 88.7 Å². The molecule has 3 amide bonds. The van der Waals surface area contributed by atoms with Crippen LogP contribution in [0.2, 0.25) is 15.1 Å². The number of nitrogens with two attached hydrogens (primary N) is 1. The Morgan fingerprint density at radius 3 is 1.43 bits per heavy atom. The number of carbonyl (C=O) groups is 3. The monoisotopic (exact) mass is 1620 g/mol. The number of nitrogens with one attached hydrogen (secondary N) is 4. The predicted octanol–water partition coefficient (Wildman–Crippen LogP) is 11.8. The zero-order valence-corrected chi connectivity index (χ0v) is 66.4. The molecule has 28 heteroatoms. The van der Waals surface area contributed by atoms with Crippen molar-refractivity contribution in [1.82, 2.24) is 34.2 Å². The number of aromatic hydroxyl groups is 1. The fourth-order valence-corrected chi connectivity index (χ4v) is 15.2. The Kier molecular flexibility index (Phi) is 36.7. The van der Waals surface area contributed by atoms with Gasteiger partial charge in [0.05, 0.1) is 66.0 Å². The Labute approximate surface area is 661 Å². The van der Waals surface area contributed by atoms with E-state index in [2.05, 4.69) is 37.2 Å². The molecule has 1 aliphatic rings. The number of phenolic OH excluding ortho intramolecular Hbond substituents is 1. The van der Waals surface area contributed by atoms with E-state index in [1.807, 2.05) is 84.1 Å². The van der Waals surface area contributed by atoms with Gasteiger partial charge < -0.3 is 40.3 Å². The van der Waals surface area contributed by atoms with Crippen molar-refractivity contribution in [2.45, 2.75) is 118 Å². The highest BCUT2D eigenvalue weighted by molar-refractivity contribution is 7.90. The number of phenols is 1. The van der Waals surface area contributed by atoms with Crippen LogP contribution >= 0.6 is 58.5 Å². The number of carbonyl (C=O) groups excluding carboxylic acids is 3. The van der Waals surface area contributed by atoms with Gasteiger partial charge in [0.15, 0.2) is 0 Å². The third kappa shape index (κ3) is 28.5. The summed E-state index contributed by atoms with van der Waals surface area (Å²) < 4.78 is 92.3. The van der Waals surface area contributed by atoms with E-state index in [0.717, 1.165) is 76.9 Å². The summed E-state index contributed by atoms with van der Waals surface area (Å²) in [5.41, 5.74) is 13.2. The van der Waals surface area contributed by atoms with Crippen LogP contribution in [0.4, 0.5) is 0 Å². The molecule has 0 radical (unpaired) electrons. The van der Waals surface area contributed by atoms with E-state index < -0.39 is 36.1 Å². The van der Waals surface area contributed by atoms with Gasteiger partial charge in [0.2, 0.25) is 47.8 Å². The lowest BCUT2D eigenvalue weighted by molar-refractivity contribution is -0.134. The van der Waals surface area contributed by atoms with Crippen molar-refractivity contribution >= 4 is 106 Å². The molecule has 0 bridgehead atoms. The number of halogens is 4. The molecular formula is C80H90Cl4N8O12S4. The van der Waals surface area contributed by atoms with Gasteiger partial charge in [-0.05, 0) is 194 Å². The fraction of sp³-hybridized carbons (Fsp3) is 0.312. The lowest BCUT2D eigenvalue weighted by Gasteiger charge is -2.27. The molecule has 1 saturated heterocycles. The summed E-state index contributed by atoms with van der Waals surface area (Å²) in [6.07, 6.45) is 21.1. The number of hydrogen-bond acceptors (Lipinski definition) is 15. The Morgan fingerprint density at radius 2 is 1.00 bits per heavy atom. The number of benzene rings is 7. The molecule has 7 N–H and O–H groups in total. The molecule has 0 spiro atoms. The summed E-state index contributed by atoms with van der Waals surface area (Å²) in [7, 11) is -11.0. The van der Waals surface area contributed by atoms with Crippen LogP contribution < -0.4 is 34.7 Å². The van der Waals surface area contributed by atoms with Crippen molar-refractivity contribution < 1.29 is 54.2 Å². The van der Waals surface area contributed by atoms with Crippen molar-refractivity contribution in [1.29, 1.82) is 0 Å². The highest BCUT2D eigenvalue weighted by atomic mass is 35.5. The Hall–Kier alpha value is -8.46. The lowest BCUT2D eigenvalue weighted by atomic mass is 10.0. The molecule has 20 nitrogen and oxygen atoms in total. The first-order chi connectivity index (χ1) is 51.3. The maximum absolute atomic E-state index is 13.6. The normalized spacial score (nSPS) is 12.8. The number of thiophene rings is 1. The number of rotatable bonds is 36. The molecule has 0 unspecified atom stereocenters. The Morgan fingerprint density at radius 1 is 0.574 bits per heavy atom. The summed E-state index contributed by atoms with van der Waals surface area (Å²) in [5.74, 6) is 7.99. The zero-order valence-electron chi connectivity index (χ0n) is 60.0. The second-order valence-corrected chi connectivity index (χ2v) is 32.2. The van der Waals surface area contributed by atoms with Gasteiger partial charge in [-0.25, -0.2) is 25.3 Å². The first kappa shape index (κ1) is 88.4. The molecule has 7 aromatic carbocycles. The second kappa shape index (κ2) is 44.9. The van der Waals surface area contributed by atoms with Crippen molar-refractivity contribution in [3.8, 4) is 54.3 Å².